The van der Waals surface area contributed by atoms with Crippen LogP contribution < -0.4 is 9.47 Å². The normalized spacial score (nSPS) is 15.0. The Labute approximate surface area is 161 Å². The number of hydrogen-bond donors (Lipinski definition) is 0. The molecule has 1 aliphatic carbocycles. The average Bonchev–Trinajstić information content (AvgIpc) is 2.73. The lowest BCUT2D eigenvalue weighted by atomic mass is 9.86. The molecule has 0 unspecified atom stereocenters. The van der Waals surface area contributed by atoms with Gasteiger partial charge in [-0.2, -0.15) is 0 Å². The fourth-order valence-electron chi connectivity index (χ4n) is 3.51. The molecule has 1 fully saturated rings. The van der Waals surface area contributed by atoms with Crippen LogP contribution in [0.5, 0.6) is 11.5 Å². The highest BCUT2D eigenvalue weighted by atomic mass is 16.6. The predicted molar refractivity (Wildman–Crippen MR) is 108 cm³/mol. The number of carbonyl (C=O) groups is 1. The van der Waals surface area contributed by atoms with Crippen LogP contribution >= 0.6 is 0 Å². The average molecular weight is 365 g/mol. The summed E-state index contributed by atoms with van der Waals surface area (Å²) in [6.07, 6.45) is 15.3. The van der Waals surface area contributed by atoms with E-state index in [0.29, 0.717) is 23.8 Å². The lowest BCUT2D eigenvalue weighted by Crippen LogP contribution is -2.13. The molecule has 1 aromatic carbocycles. The van der Waals surface area contributed by atoms with Crippen molar-refractivity contribution in [2.24, 2.45) is 5.92 Å². The highest BCUT2D eigenvalue weighted by Crippen LogP contribution is 2.31. The molecule has 27 heavy (non-hydrogen) atoms. The van der Waals surface area contributed by atoms with Gasteiger partial charge in [0.15, 0.2) is 11.5 Å². The molecular formula is C23H27NO3. The van der Waals surface area contributed by atoms with Crippen molar-refractivity contribution in [3.8, 4) is 11.5 Å². The Kier molecular flexibility index (Phi) is 7.03. The van der Waals surface area contributed by atoms with E-state index in [4.69, 9.17) is 9.47 Å². The molecule has 1 aromatic heterocycles. The number of hydrogen-bond acceptors (Lipinski definition) is 4. The van der Waals surface area contributed by atoms with Gasteiger partial charge >= 0.3 is 5.97 Å². The van der Waals surface area contributed by atoms with Gasteiger partial charge in [0.2, 0.25) is 0 Å². The fraction of sp³-hybridized carbons (Fsp3) is 0.391. The maximum absolute atomic E-state index is 12.2. The molecule has 4 heteroatoms. The minimum absolute atomic E-state index is 0.182. The Bertz CT molecular complexity index is 764. The van der Waals surface area contributed by atoms with Gasteiger partial charge in [-0.25, -0.2) is 0 Å². The van der Waals surface area contributed by atoms with Crippen molar-refractivity contribution in [2.45, 2.75) is 44.9 Å². The van der Waals surface area contributed by atoms with Gasteiger partial charge in [-0.3, -0.25) is 9.78 Å². The summed E-state index contributed by atoms with van der Waals surface area (Å²) < 4.78 is 11.0. The second kappa shape index (κ2) is 9.91. The molecule has 0 atom stereocenters. The third kappa shape index (κ3) is 5.95. The maximum atomic E-state index is 12.2. The first-order chi connectivity index (χ1) is 13.2. The fourth-order valence-corrected chi connectivity index (χ4v) is 3.51. The zero-order valence-corrected chi connectivity index (χ0v) is 15.9. The molecule has 1 saturated carbocycles. The maximum Gasteiger partial charge on any atom is 0.311 e. The van der Waals surface area contributed by atoms with Crippen LogP contribution in [0.4, 0.5) is 0 Å². The molecular weight excluding hydrogens is 338 g/mol. The van der Waals surface area contributed by atoms with Crippen LogP contribution in [-0.2, 0) is 4.79 Å². The summed E-state index contributed by atoms with van der Waals surface area (Å²) in [5.74, 6) is 1.54. The highest BCUT2D eigenvalue weighted by molar-refractivity contribution is 5.75. The number of carbonyl (C=O) groups excluding carboxylic acids is 1. The largest absolute Gasteiger partial charge is 0.493 e. The quantitative estimate of drug-likeness (QED) is 0.478. The Balaban J connectivity index is 1.58. The molecule has 142 valence electrons. The van der Waals surface area contributed by atoms with Gasteiger partial charge < -0.3 is 9.47 Å². The third-order valence-corrected chi connectivity index (χ3v) is 5.07. The Morgan fingerprint density at radius 3 is 2.52 bits per heavy atom. The molecule has 0 radical (unpaired) electrons. The van der Waals surface area contributed by atoms with Crippen molar-refractivity contribution in [3.05, 3.63) is 53.9 Å². The number of ether oxygens (including phenoxy) is 2. The van der Waals surface area contributed by atoms with Gasteiger partial charge in [0.1, 0.15) is 0 Å². The molecule has 1 heterocycles. The molecule has 0 saturated heterocycles. The molecule has 0 aliphatic heterocycles. The first kappa shape index (κ1) is 19.2. The van der Waals surface area contributed by atoms with Crippen molar-refractivity contribution >= 4 is 18.1 Å². The molecule has 2 aromatic rings. The van der Waals surface area contributed by atoms with E-state index in [2.05, 4.69) is 4.98 Å². The first-order valence-electron chi connectivity index (χ1n) is 9.71. The van der Waals surface area contributed by atoms with Gasteiger partial charge in [-0.05, 0) is 47.7 Å². The van der Waals surface area contributed by atoms with Crippen molar-refractivity contribution < 1.29 is 14.3 Å². The van der Waals surface area contributed by atoms with Gasteiger partial charge in [-0.1, -0.05) is 50.3 Å². The zero-order valence-electron chi connectivity index (χ0n) is 15.9. The summed E-state index contributed by atoms with van der Waals surface area (Å²) >= 11 is 0. The number of methoxy groups -OCH3 is 1. The van der Waals surface area contributed by atoms with Crippen molar-refractivity contribution in [1.82, 2.24) is 4.98 Å². The number of rotatable bonds is 7. The Morgan fingerprint density at radius 2 is 1.78 bits per heavy atom. The molecule has 0 N–H and O–H groups in total. The van der Waals surface area contributed by atoms with Crippen molar-refractivity contribution in [1.29, 1.82) is 0 Å². The van der Waals surface area contributed by atoms with Crippen LogP contribution in [0.3, 0.4) is 0 Å². The van der Waals surface area contributed by atoms with Gasteiger partial charge in [0, 0.05) is 18.8 Å². The summed E-state index contributed by atoms with van der Waals surface area (Å²) in [5.41, 5.74) is 2.05. The second-order valence-electron chi connectivity index (χ2n) is 7.04. The number of benzene rings is 1. The zero-order chi connectivity index (χ0) is 18.9. The van der Waals surface area contributed by atoms with E-state index in [1.807, 2.05) is 36.4 Å². The van der Waals surface area contributed by atoms with Gasteiger partial charge in [0.25, 0.3) is 0 Å². The lowest BCUT2D eigenvalue weighted by molar-refractivity contribution is -0.134. The Hall–Kier alpha value is -2.62. The van der Waals surface area contributed by atoms with Crippen LogP contribution in [0.2, 0.25) is 0 Å². The monoisotopic (exact) mass is 365 g/mol. The van der Waals surface area contributed by atoms with Crippen LogP contribution in [0, 0.1) is 5.92 Å². The topological polar surface area (TPSA) is 48.4 Å². The van der Waals surface area contributed by atoms with E-state index in [9.17, 15) is 4.79 Å². The molecule has 4 nitrogen and oxygen atoms in total. The molecule has 0 spiro atoms. The summed E-state index contributed by atoms with van der Waals surface area (Å²) in [6.45, 7) is 0. The smallest absolute Gasteiger partial charge is 0.311 e. The van der Waals surface area contributed by atoms with Crippen LogP contribution in [0.25, 0.3) is 12.2 Å². The molecule has 0 amide bonds. The number of esters is 1. The SMILES string of the molecule is COc1cc(/C=C/c2ccncc2)ccc1OC(=O)CCC1CCCCC1. The summed E-state index contributed by atoms with van der Waals surface area (Å²) in [4.78, 5) is 16.2. The van der Waals surface area contributed by atoms with Gasteiger partial charge in [0.05, 0.1) is 7.11 Å². The van der Waals surface area contributed by atoms with Crippen molar-refractivity contribution in [2.75, 3.05) is 7.11 Å². The first-order valence-corrected chi connectivity index (χ1v) is 9.71. The summed E-state index contributed by atoms with van der Waals surface area (Å²) in [6, 6.07) is 9.47. The summed E-state index contributed by atoms with van der Waals surface area (Å²) in [5, 5.41) is 0. The van der Waals surface area contributed by atoms with E-state index < -0.39 is 0 Å². The van der Waals surface area contributed by atoms with E-state index in [1.165, 1.54) is 32.1 Å². The predicted octanol–water partition coefficient (Wildman–Crippen LogP) is 5.53. The minimum Gasteiger partial charge on any atom is -0.493 e. The standard InChI is InChI=1S/C23H27NO3/c1-26-22-17-20(8-7-19-13-15-24-16-14-19)9-11-21(22)27-23(25)12-10-18-5-3-2-4-6-18/h7-9,11,13-18H,2-6,10,12H2,1H3/b8-7+. The van der Waals surface area contributed by atoms with Crippen molar-refractivity contribution in [3.63, 3.8) is 0 Å². The van der Waals surface area contributed by atoms with E-state index in [0.717, 1.165) is 17.5 Å². The number of aromatic nitrogens is 1. The molecule has 1 aliphatic rings. The van der Waals surface area contributed by atoms with Crippen LogP contribution in [0.1, 0.15) is 56.1 Å². The third-order valence-electron chi connectivity index (χ3n) is 5.07. The second-order valence-corrected chi connectivity index (χ2v) is 7.04. The summed E-state index contributed by atoms with van der Waals surface area (Å²) in [7, 11) is 1.59. The lowest BCUT2D eigenvalue weighted by Gasteiger charge is -2.20. The Morgan fingerprint density at radius 1 is 1.04 bits per heavy atom. The van der Waals surface area contributed by atoms with E-state index in [1.54, 1.807) is 25.6 Å². The van der Waals surface area contributed by atoms with E-state index in [-0.39, 0.29) is 5.97 Å². The van der Waals surface area contributed by atoms with Crippen LogP contribution in [-0.4, -0.2) is 18.1 Å². The van der Waals surface area contributed by atoms with Gasteiger partial charge in [-0.15, -0.1) is 0 Å². The molecule has 3 rings (SSSR count). The van der Waals surface area contributed by atoms with Crippen LogP contribution in [0.15, 0.2) is 42.7 Å². The highest BCUT2D eigenvalue weighted by Gasteiger charge is 2.16. The number of pyridine rings is 1. The van der Waals surface area contributed by atoms with E-state index >= 15 is 0 Å². The number of nitrogens with zero attached hydrogens (tertiary/aromatic N) is 1. The minimum atomic E-state index is -0.182. The molecule has 0 bridgehead atoms.